The summed E-state index contributed by atoms with van der Waals surface area (Å²) in [5.74, 6) is 1.69. The monoisotopic (exact) mass is 323 g/mol. The van der Waals surface area contributed by atoms with Crippen molar-refractivity contribution in [2.75, 3.05) is 6.61 Å². The quantitative estimate of drug-likeness (QED) is 0.679. The Morgan fingerprint density at radius 2 is 2.08 bits per heavy atom. The van der Waals surface area contributed by atoms with Crippen LogP contribution in [0.5, 0.6) is 5.75 Å². The average Bonchev–Trinajstić information content (AvgIpc) is 2.94. The molecule has 1 heterocycles. The standard InChI is InChI=1S/C19H21N3O2/c1-14-6-5-7-16(12-14)24-11-10-22-18-9-4-3-8-17(18)21-19(22)15(2)20-13-23/h3-9,12-13,15H,10-11H2,1-2H3,(H,20,23)/t15-/m1/s1. The van der Waals surface area contributed by atoms with Gasteiger partial charge in [0, 0.05) is 0 Å². The van der Waals surface area contributed by atoms with Gasteiger partial charge in [-0.15, -0.1) is 0 Å². The van der Waals surface area contributed by atoms with Crippen molar-refractivity contribution in [2.24, 2.45) is 0 Å². The molecule has 5 heteroatoms. The zero-order chi connectivity index (χ0) is 16.9. The summed E-state index contributed by atoms with van der Waals surface area (Å²) in [6, 6.07) is 15.8. The highest BCUT2D eigenvalue weighted by Gasteiger charge is 2.15. The molecule has 1 N–H and O–H groups in total. The first-order valence-corrected chi connectivity index (χ1v) is 8.03. The zero-order valence-corrected chi connectivity index (χ0v) is 13.9. The first-order valence-electron chi connectivity index (χ1n) is 8.03. The molecule has 0 radical (unpaired) electrons. The SMILES string of the molecule is Cc1cccc(OCCn2c([C@@H](C)NC=O)nc3ccccc32)c1. The van der Waals surface area contributed by atoms with Gasteiger partial charge in [0.25, 0.3) is 0 Å². The van der Waals surface area contributed by atoms with Crippen LogP contribution in [0.3, 0.4) is 0 Å². The number of amides is 1. The predicted octanol–water partition coefficient (Wildman–Crippen LogP) is 3.23. The highest BCUT2D eigenvalue weighted by Crippen LogP contribution is 2.21. The Bertz CT molecular complexity index is 841. The smallest absolute Gasteiger partial charge is 0.207 e. The molecule has 0 unspecified atom stereocenters. The van der Waals surface area contributed by atoms with E-state index >= 15 is 0 Å². The minimum atomic E-state index is -0.158. The van der Waals surface area contributed by atoms with E-state index in [4.69, 9.17) is 4.74 Å². The number of fused-ring (bicyclic) bond motifs is 1. The molecule has 0 aliphatic heterocycles. The summed E-state index contributed by atoms with van der Waals surface area (Å²) in [5, 5.41) is 2.77. The van der Waals surface area contributed by atoms with Crippen LogP contribution in [-0.2, 0) is 11.3 Å². The Hall–Kier alpha value is -2.82. The molecule has 1 amide bonds. The van der Waals surface area contributed by atoms with Gasteiger partial charge < -0.3 is 14.6 Å². The Kier molecular flexibility index (Phi) is 4.79. The van der Waals surface area contributed by atoms with Crippen molar-refractivity contribution in [3.8, 4) is 5.75 Å². The van der Waals surface area contributed by atoms with Crippen molar-refractivity contribution in [2.45, 2.75) is 26.4 Å². The molecule has 0 aliphatic carbocycles. The summed E-state index contributed by atoms with van der Waals surface area (Å²) < 4.78 is 7.97. The lowest BCUT2D eigenvalue weighted by Crippen LogP contribution is -2.21. The van der Waals surface area contributed by atoms with Crippen LogP contribution in [0.15, 0.2) is 48.5 Å². The number of hydrogen-bond acceptors (Lipinski definition) is 3. The third kappa shape index (κ3) is 3.40. The molecule has 0 aliphatic rings. The van der Waals surface area contributed by atoms with E-state index < -0.39 is 0 Å². The predicted molar refractivity (Wildman–Crippen MR) is 94.0 cm³/mol. The van der Waals surface area contributed by atoms with Gasteiger partial charge in [0.1, 0.15) is 18.2 Å². The zero-order valence-electron chi connectivity index (χ0n) is 13.9. The van der Waals surface area contributed by atoms with Crippen LogP contribution < -0.4 is 10.1 Å². The largest absolute Gasteiger partial charge is 0.492 e. The second kappa shape index (κ2) is 7.17. The van der Waals surface area contributed by atoms with Crippen molar-refractivity contribution < 1.29 is 9.53 Å². The van der Waals surface area contributed by atoms with Crippen molar-refractivity contribution in [1.82, 2.24) is 14.9 Å². The normalized spacial score (nSPS) is 12.1. The summed E-state index contributed by atoms with van der Waals surface area (Å²) in [5.41, 5.74) is 3.13. The molecule has 24 heavy (non-hydrogen) atoms. The summed E-state index contributed by atoms with van der Waals surface area (Å²) in [7, 11) is 0. The maximum atomic E-state index is 10.8. The third-order valence-electron chi connectivity index (χ3n) is 3.96. The number of nitrogens with zero attached hydrogens (tertiary/aromatic N) is 2. The Morgan fingerprint density at radius 1 is 1.25 bits per heavy atom. The number of carbonyl (C=O) groups excluding carboxylic acids is 1. The van der Waals surface area contributed by atoms with Crippen LogP contribution in [0, 0.1) is 6.92 Å². The molecule has 0 saturated carbocycles. The third-order valence-corrected chi connectivity index (χ3v) is 3.96. The fourth-order valence-corrected chi connectivity index (χ4v) is 2.80. The molecule has 124 valence electrons. The first kappa shape index (κ1) is 16.1. The highest BCUT2D eigenvalue weighted by atomic mass is 16.5. The maximum Gasteiger partial charge on any atom is 0.207 e. The van der Waals surface area contributed by atoms with Gasteiger partial charge in [-0.3, -0.25) is 4.79 Å². The Morgan fingerprint density at radius 3 is 2.88 bits per heavy atom. The number of benzene rings is 2. The van der Waals surface area contributed by atoms with Crippen molar-refractivity contribution in [3.63, 3.8) is 0 Å². The number of para-hydroxylation sites is 2. The van der Waals surface area contributed by atoms with Gasteiger partial charge in [-0.1, -0.05) is 24.3 Å². The van der Waals surface area contributed by atoms with Crippen LogP contribution in [0.1, 0.15) is 24.4 Å². The molecule has 0 bridgehead atoms. The molecule has 2 aromatic carbocycles. The van der Waals surface area contributed by atoms with Gasteiger partial charge in [-0.2, -0.15) is 0 Å². The van der Waals surface area contributed by atoms with E-state index in [-0.39, 0.29) is 6.04 Å². The number of aromatic nitrogens is 2. The van der Waals surface area contributed by atoms with E-state index in [1.807, 2.05) is 62.4 Å². The molecular formula is C19H21N3O2. The van der Waals surface area contributed by atoms with Gasteiger partial charge in [-0.25, -0.2) is 4.98 Å². The van der Waals surface area contributed by atoms with E-state index in [1.165, 1.54) is 5.56 Å². The topological polar surface area (TPSA) is 56.1 Å². The summed E-state index contributed by atoms with van der Waals surface area (Å²) >= 11 is 0. The van der Waals surface area contributed by atoms with Gasteiger partial charge in [-0.05, 0) is 43.7 Å². The van der Waals surface area contributed by atoms with Gasteiger partial charge in [0.05, 0.1) is 23.6 Å². The number of aryl methyl sites for hydroxylation is 1. The minimum absolute atomic E-state index is 0.158. The first-order chi connectivity index (χ1) is 11.7. The fraction of sp³-hybridized carbons (Fsp3) is 0.263. The van der Waals surface area contributed by atoms with Gasteiger partial charge in [0.15, 0.2) is 0 Å². The maximum absolute atomic E-state index is 10.8. The molecule has 3 rings (SSSR count). The molecule has 1 atom stereocenters. The van der Waals surface area contributed by atoms with Crippen LogP contribution >= 0.6 is 0 Å². The lowest BCUT2D eigenvalue weighted by atomic mass is 10.2. The number of imidazole rings is 1. The molecule has 1 aromatic heterocycles. The Balaban J connectivity index is 1.81. The lowest BCUT2D eigenvalue weighted by molar-refractivity contribution is -0.110. The molecule has 0 fully saturated rings. The molecule has 0 saturated heterocycles. The summed E-state index contributed by atoms with van der Waals surface area (Å²) in [6.45, 7) is 5.16. The molecule has 3 aromatic rings. The van der Waals surface area contributed by atoms with Gasteiger partial charge >= 0.3 is 0 Å². The van der Waals surface area contributed by atoms with Crippen molar-refractivity contribution in [3.05, 3.63) is 59.9 Å². The summed E-state index contributed by atoms with van der Waals surface area (Å²) in [4.78, 5) is 15.4. The van der Waals surface area contributed by atoms with E-state index in [1.54, 1.807) is 0 Å². The van der Waals surface area contributed by atoms with Crippen LogP contribution in [0.25, 0.3) is 11.0 Å². The number of nitrogens with one attached hydrogen (secondary N) is 1. The van der Waals surface area contributed by atoms with Crippen molar-refractivity contribution >= 4 is 17.4 Å². The number of hydrogen-bond donors (Lipinski definition) is 1. The molecular weight excluding hydrogens is 302 g/mol. The molecule has 5 nitrogen and oxygen atoms in total. The lowest BCUT2D eigenvalue weighted by Gasteiger charge is -2.14. The Labute approximate surface area is 141 Å². The van der Waals surface area contributed by atoms with Gasteiger partial charge in [0.2, 0.25) is 6.41 Å². The van der Waals surface area contributed by atoms with Crippen molar-refractivity contribution in [1.29, 1.82) is 0 Å². The second-order valence-corrected chi connectivity index (χ2v) is 5.78. The van der Waals surface area contributed by atoms with Crippen LogP contribution in [0.4, 0.5) is 0 Å². The summed E-state index contributed by atoms with van der Waals surface area (Å²) in [6.07, 6.45) is 0.706. The van der Waals surface area contributed by atoms with E-state index in [0.717, 1.165) is 22.6 Å². The van der Waals surface area contributed by atoms with E-state index in [0.29, 0.717) is 19.6 Å². The number of rotatable bonds is 7. The fourth-order valence-electron chi connectivity index (χ4n) is 2.80. The second-order valence-electron chi connectivity index (χ2n) is 5.78. The van der Waals surface area contributed by atoms with E-state index in [2.05, 4.69) is 14.9 Å². The molecule has 0 spiro atoms. The average molecular weight is 323 g/mol. The van der Waals surface area contributed by atoms with Crippen LogP contribution in [0.2, 0.25) is 0 Å². The highest BCUT2D eigenvalue weighted by molar-refractivity contribution is 5.76. The van der Waals surface area contributed by atoms with Crippen LogP contribution in [-0.4, -0.2) is 22.6 Å². The minimum Gasteiger partial charge on any atom is -0.492 e. The van der Waals surface area contributed by atoms with E-state index in [9.17, 15) is 4.79 Å². The number of carbonyl (C=O) groups is 1. The number of ether oxygens (including phenoxy) is 1.